The van der Waals surface area contributed by atoms with E-state index in [1.54, 1.807) is 0 Å². The summed E-state index contributed by atoms with van der Waals surface area (Å²) in [5.74, 6) is -0.708. The zero-order valence-electron chi connectivity index (χ0n) is 11.0. The van der Waals surface area contributed by atoms with Crippen LogP contribution in [0.2, 0.25) is 0 Å². The smallest absolute Gasteiger partial charge is 0.129 e. The standard InChI is InChI=1S/C14H21F2N/c1-10(9-17-14(2,3)4)8-11-12(15)6-5-7-13(11)16/h5-7,10,17H,8-9H2,1-4H3. The second-order valence-electron chi connectivity index (χ2n) is 5.64. The lowest BCUT2D eigenvalue weighted by Gasteiger charge is -2.23. The molecular weight excluding hydrogens is 220 g/mol. The van der Waals surface area contributed by atoms with Crippen molar-refractivity contribution in [2.45, 2.75) is 39.7 Å². The molecule has 1 aromatic carbocycles. The summed E-state index contributed by atoms with van der Waals surface area (Å²) in [5, 5.41) is 3.34. The first kappa shape index (κ1) is 14.1. The minimum absolute atomic E-state index is 0.0298. The molecule has 17 heavy (non-hydrogen) atoms. The number of benzene rings is 1. The third-order valence-corrected chi connectivity index (χ3v) is 2.60. The molecule has 1 nitrogen and oxygen atoms in total. The first-order chi connectivity index (χ1) is 7.79. The molecule has 0 heterocycles. The van der Waals surface area contributed by atoms with Gasteiger partial charge in [0.15, 0.2) is 0 Å². The Morgan fingerprint density at radius 3 is 2.18 bits per heavy atom. The van der Waals surface area contributed by atoms with Gasteiger partial charge >= 0.3 is 0 Å². The largest absolute Gasteiger partial charge is 0.312 e. The van der Waals surface area contributed by atoms with Crippen LogP contribution in [0.3, 0.4) is 0 Å². The van der Waals surface area contributed by atoms with Gasteiger partial charge in [0.05, 0.1) is 0 Å². The van der Waals surface area contributed by atoms with Gasteiger partial charge in [0.1, 0.15) is 11.6 Å². The fourth-order valence-corrected chi connectivity index (χ4v) is 1.63. The number of nitrogens with one attached hydrogen (secondary N) is 1. The minimum atomic E-state index is -0.451. The molecule has 0 aliphatic heterocycles. The Labute approximate surface area is 102 Å². The summed E-state index contributed by atoms with van der Waals surface area (Å²) in [6.45, 7) is 8.96. The molecule has 0 aromatic heterocycles. The average Bonchev–Trinajstić information content (AvgIpc) is 2.20. The highest BCUT2D eigenvalue weighted by Crippen LogP contribution is 2.16. The summed E-state index contributed by atoms with van der Waals surface area (Å²) in [6.07, 6.45) is 0.418. The highest BCUT2D eigenvalue weighted by Gasteiger charge is 2.15. The first-order valence-electron chi connectivity index (χ1n) is 5.97. The van der Waals surface area contributed by atoms with Gasteiger partial charge in [0.25, 0.3) is 0 Å². The Hall–Kier alpha value is -0.960. The van der Waals surface area contributed by atoms with Crippen LogP contribution in [-0.4, -0.2) is 12.1 Å². The molecule has 0 aliphatic carbocycles. The molecule has 0 amide bonds. The Balaban J connectivity index is 2.59. The van der Waals surface area contributed by atoms with Crippen LogP contribution in [-0.2, 0) is 6.42 Å². The van der Waals surface area contributed by atoms with E-state index in [9.17, 15) is 8.78 Å². The Kier molecular flexibility index (Phi) is 4.63. The number of rotatable bonds is 4. The van der Waals surface area contributed by atoms with Gasteiger partial charge in [0, 0.05) is 11.1 Å². The predicted molar refractivity (Wildman–Crippen MR) is 67.0 cm³/mol. The normalized spacial score (nSPS) is 13.8. The van der Waals surface area contributed by atoms with E-state index in [4.69, 9.17) is 0 Å². The van der Waals surface area contributed by atoms with Crippen molar-refractivity contribution in [3.63, 3.8) is 0 Å². The average molecular weight is 241 g/mol. The highest BCUT2D eigenvalue weighted by molar-refractivity contribution is 5.20. The second kappa shape index (κ2) is 5.58. The Morgan fingerprint density at radius 2 is 1.71 bits per heavy atom. The molecule has 0 aliphatic rings. The summed E-state index contributed by atoms with van der Waals surface area (Å²) >= 11 is 0. The first-order valence-corrected chi connectivity index (χ1v) is 5.97. The fourth-order valence-electron chi connectivity index (χ4n) is 1.63. The Morgan fingerprint density at radius 1 is 1.18 bits per heavy atom. The van der Waals surface area contributed by atoms with Crippen LogP contribution in [0.25, 0.3) is 0 Å². The highest BCUT2D eigenvalue weighted by atomic mass is 19.1. The zero-order valence-corrected chi connectivity index (χ0v) is 11.0. The van der Waals surface area contributed by atoms with Crippen molar-refractivity contribution in [3.8, 4) is 0 Å². The van der Waals surface area contributed by atoms with E-state index in [0.29, 0.717) is 6.42 Å². The van der Waals surface area contributed by atoms with Crippen molar-refractivity contribution in [2.75, 3.05) is 6.54 Å². The van der Waals surface area contributed by atoms with Gasteiger partial charge in [0.2, 0.25) is 0 Å². The molecule has 0 spiro atoms. The summed E-state index contributed by atoms with van der Waals surface area (Å²) in [5.41, 5.74) is 0.220. The van der Waals surface area contributed by atoms with Crippen molar-refractivity contribution in [1.29, 1.82) is 0 Å². The van der Waals surface area contributed by atoms with Crippen LogP contribution < -0.4 is 5.32 Å². The number of hydrogen-bond acceptors (Lipinski definition) is 1. The van der Waals surface area contributed by atoms with E-state index in [1.807, 2.05) is 6.92 Å². The zero-order chi connectivity index (χ0) is 13.1. The maximum Gasteiger partial charge on any atom is 0.129 e. The molecule has 1 aromatic rings. The lowest BCUT2D eigenvalue weighted by molar-refractivity contribution is 0.377. The molecule has 0 saturated heterocycles. The molecule has 96 valence electrons. The van der Waals surface area contributed by atoms with Crippen LogP contribution >= 0.6 is 0 Å². The second-order valence-corrected chi connectivity index (χ2v) is 5.64. The van der Waals surface area contributed by atoms with Crippen molar-refractivity contribution in [1.82, 2.24) is 5.32 Å². The number of hydrogen-bond donors (Lipinski definition) is 1. The molecule has 3 heteroatoms. The van der Waals surface area contributed by atoms with Gasteiger partial charge in [-0.15, -0.1) is 0 Å². The van der Waals surface area contributed by atoms with Crippen LogP contribution in [0.1, 0.15) is 33.3 Å². The number of halogens is 2. The van der Waals surface area contributed by atoms with E-state index < -0.39 is 11.6 Å². The summed E-state index contributed by atoms with van der Waals surface area (Å²) in [4.78, 5) is 0. The third kappa shape index (κ3) is 4.82. The predicted octanol–water partition coefficient (Wildman–Crippen LogP) is 3.53. The quantitative estimate of drug-likeness (QED) is 0.850. The third-order valence-electron chi connectivity index (χ3n) is 2.60. The molecule has 0 fully saturated rings. The fraction of sp³-hybridized carbons (Fsp3) is 0.571. The molecule has 0 saturated carbocycles. The maximum atomic E-state index is 13.4. The monoisotopic (exact) mass is 241 g/mol. The molecule has 1 rings (SSSR count). The van der Waals surface area contributed by atoms with E-state index in [1.165, 1.54) is 18.2 Å². The molecule has 1 unspecified atom stereocenters. The van der Waals surface area contributed by atoms with Crippen molar-refractivity contribution in [2.24, 2.45) is 5.92 Å². The molecular formula is C14H21F2N. The van der Waals surface area contributed by atoms with Crippen molar-refractivity contribution in [3.05, 3.63) is 35.4 Å². The van der Waals surface area contributed by atoms with Gasteiger partial charge in [-0.05, 0) is 51.8 Å². The van der Waals surface area contributed by atoms with Crippen molar-refractivity contribution < 1.29 is 8.78 Å². The van der Waals surface area contributed by atoms with E-state index in [2.05, 4.69) is 26.1 Å². The van der Waals surface area contributed by atoms with Crippen LogP contribution in [0.4, 0.5) is 8.78 Å². The van der Waals surface area contributed by atoms with Gasteiger partial charge < -0.3 is 5.32 Å². The van der Waals surface area contributed by atoms with Crippen LogP contribution in [0, 0.1) is 17.6 Å². The molecule has 0 bridgehead atoms. The minimum Gasteiger partial charge on any atom is -0.312 e. The SMILES string of the molecule is CC(CNC(C)(C)C)Cc1c(F)cccc1F. The lowest BCUT2D eigenvalue weighted by atomic mass is 9.98. The van der Waals surface area contributed by atoms with E-state index in [0.717, 1.165) is 6.54 Å². The van der Waals surface area contributed by atoms with E-state index in [-0.39, 0.29) is 17.0 Å². The lowest BCUT2D eigenvalue weighted by Crippen LogP contribution is -2.39. The Bertz CT molecular complexity index is 349. The van der Waals surface area contributed by atoms with Gasteiger partial charge in [-0.25, -0.2) is 8.78 Å². The van der Waals surface area contributed by atoms with E-state index >= 15 is 0 Å². The van der Waals surface area contributed by atoms with Gasteiger partial charge in [-0.1, -0.05) is 13.0 Å². The van der Waals surface area contributed by atoms with Crippen molar-refractivity contribution >= 4 is 0 Å². The van der Waals surface area contributed by atoms with Gasteiger partial charge in [-0.3, -0.25) is 0 Å². The molecule has 1 atom stereocenters. The van der Waals surface area contributed by atoms with Crippen LogP contribution in [0.5, 0.6) is 0 Å². The summed E-state index contributed by atoms with van der Waals surface area (Å²) in [6, 6.07) is 4.01. The van der Waals surface area contributed by atoms with Gasteiger partial charge in [-0.2, -0.15) is 0 Å². The van der Waals surface area contributed by atoms with Crippen LogP contribution in [0.15, 0.2) is 18.2 Å². The topological polar surface area (TPSA) is 12.0 Å². The summed E-state index contributed by atoms with van der Waals surface area (Å²) in [7, 11) is 0. The summed E-state index contributed by atoms with van der Waals surface area (Å²) < 4.78 is 26.8. The maximum absolute atomic E-state index is 13.4. The molecule has 0 radical (unpaired) electrons. The molecule has 1 N–H and O–H groups in total.